The van der Waals surface area contributed by atoms with E-state index in [9.17, 15) is 9.59 Å². The standard InChI is InChI=1S/C11H19NO4.ClH/c1-3-15-10(13)8-5-9(7-12-6-8)11(14)16-4-2;/h8-9,12H,3-7H2,1-2H3;1H. The maximum atomic E-state index is 11.5. The predicted octanol–water partition coefficient (Wildman–Crippen LogP) is 0.760. The molecule has 0 saturated carbocycles. The fraction of sp³-hybridized carbons (Fsp3) is 0.818. The molecule has 1 rings (SSSR count). The zero-order valence-electron chi connectivity index (χ0n) is 10.2. The number of nitrogens with one attached hydrogen (secondary N) is 1. The topological polar surface area (TPSA) is 64.6 Å². The van der Waals surface area contributed by atoms with Gasteiger partial charge in [-0.2, -0.15) is 0 Å². The first-order valence-electron chi connectivity index (χ1n) is 5.73. The summed E-state index contributed by atoms with van der Waals surface area (Å²) in [4.78, 5) is 23.0. The van der Waals surface area contributed by atoms with Crippen LogP contribution in [0.15, 0.2) is 0 Å². The summed E-state index contributed by atoms with van der Waals surface area (Å²) in [6, 6.07) is 0. The average Bonchev–Trinajstić information content (AvgIpc) is 2.30. The number of halogens is 1. The van der Waals surface area contributed by atoms with E-state index in [1.165, 1.54) is 0 Å². The molecule has 6 heteroatoms. The van der Waals surface area contributed by atoms with Crippen molar-refractivity contribution in [2.45, 2.75) is 20.3 Å². The van der Waals surface area contributed by atoms with Crippen LogP contribution in [0, 0.1) is 11.8 Å². The van der Waals surface area contributed by atoms with Crippen LogP contribution in [0.4, 0.5) is 0 Å². The Balaban J connectivity index is 0.00000256. The zero-order chi connectivity index (χ0) is 12.0. The van der Waals surface area contributed by atoms with E-state index in [1.807, 2.05) is 0 Å². The van der Waals surface area contributed by atoms with Crippen molar-refractivity contribution < 1.29 is 19.1 Å². The summed E-state index contributed by atoms with van der Waals surface area (Å²) in [7, 11) is 0. The van der Waals surface area contributed by atoms with Crippen LogP contribution in [-0.2, 0) is 19.1 Å². The second-order valence-corrected chi connectivity index (χ2v) is 3.79. The van der Waals surface area contributed by atoms with Crippen LogP contribution < -0.4 is 5.32 Å². The molecule has 0 aromatic carbocycles. The van der Waals surface area contributed by atoms with Crippen LogP contribution in [0.2, 0.25) is 0 Å². The van der Waals surface area contributed by atoms with E-state index in [0.29, 0.717) is 32.7 Å². The summed E-state index contributed by atoms with van der Waals surface area (Å²) in [6.07, 6.45) is 0.519. The molecule has 1 aliphatic rings. The summed E-state index contributed by atoms with van der Waals surface area (Å²) in [5, 5.41) is 3.06. The molecule has 1 heterocycles. The molecule has 0 aromatic rings. The number of piperidine rings is 1. The maximum absolute atomic E-state index is 11.5. The molecule has 1 fully saturated rings. The van der Waals surface area contributed by atoms with Gasteiger partial charge in [-0.05, 0) is 20.3 Å². The molecule has 2 atom stereocenters. The third-order valence-electron chi connectivity index (χ3n) is 2.59. The Morgan fingerprint density at radius 2 is 1.47 bits per heavy atom. The molecule has 17 heavy (non-hydrogen) atoms. The first-order valence-corrected chi connectivity index (χ1v) is 5.73. The van der Waals surface area contributed by atoms with Gasteiger partial charge in [0.15, 0.2) is 0 Å². The van der Waals surface area contributed by atoms with Gasteiger partial charge < -0.3 is 14.8 Å². The van der Waals surface area contributed by atoms with Crippen LogP contribution in [0.1, 0.15) is 20.3 Å². The lowest BCUT2D eigenvalue weighted by molar-refractivity contribution is -0.153. The van der Waals surface area contributed by atoms with Gasteiger partial charge in [0.25, 0.3) is 0 Å². The van der Waals surface area contributed by atoms with Crippen LogP contribution in [0.25, 0.3) is 0 Å². The molecule has 0 aromatic heterocycles. The van der Waals surface area contributed by atoms with Gasteiger partial charge in [-0.3, -0.25) is 9.59 Å². The van der Waals surface area contributed by atoms with E-state index in [2.05, 4.69) is 5.32 Å². The monoisotopic (exact) mass is 265 g/mol. The van der Waals surface area contributed by atoms with Crippen molar-refractivity contribution in [2.75, 3.05) is 26.3 Å². The first-order chi connectivity index (χ1) is 7.69. The molecule has 1 N–H and O–H groups in total. The molecule has 1 aliphatic heterocycles. The molecule has 0 bridgehead atoms. The van der Waals surface area contributed by atoms with Crippen molar-refractivity contribution in [1.29, 1.82) is 0 Å². The lowest BCUT2D eigenvalue weighted by Crippen LogP contribution is -2.43. The Bertz CT molecular complexity index is 236. The summed E-state index contributed by atoms with van der Waals surface area (Å²) in [5.41, 5.74) is 0. The van der Waals surface area contributed by atoms with Crippen molar-refractivity contribution in [3.63, 3.8) is 0 Å². The van der Waals surface area contributed by atoms with Crippen molar-refractivity contribution >= 4 is 24.3 Å². The van der Waals surface area contributed by atoms with Gasteiger partial charge in [0, 0.05) is 13.1 Å². The summed E-state index contributed by atoms with van der Waals surface area (Å²) in [6.45, 7) is 5.45. The largest absolute Gasteiger partial charge is 0.466 e. The maximum Gasteiger partial charge on any atom is 0.310 e. The smallest absolute Gasteiger partial charge is 0.310 e. The first kappa shape index (κ1) is 16.2. The molecule has 5 nitrogen and oxygen atoms in total. The average molecular weight is 266 g/mol. The second-order valence-electron chi connectivity index (χ2n) is 3.79. The van der Waals surface area contributed by atoms with Crippen molar-refractivity contribution in [3.05, 3.63) is 0 Å². The third kappa shape index (κ3) is 4.91. The van der Waals surface area contributed by atoms with Gasteiger partial charge in [0.1, 0.15) is 0 Å². The van der Waals surface area contributed by atoms with E-state index >= 15 is 0 Å². The molecule has 0 spiro atoms. The number of hydrogen-bond donors (Lipinski definition) is 1. The van der Waals surface area contributed by atoms with Crippen LogP contribution in [-0.4, -0.2) is 38.2 Å². The lowest BCUT2D eigenvalue weighted by Gasteiger charge is -2.27. The molecule has 0 amide bonds. The lowest BCUT2D eigenvalue weighted by atomic mass is 9.90. The third-order valence-corrected chi connectivity index (χ3v) is 2.59. The van der Waals surface area contributed by atoms with Crippen molar-refractivity contribution in [3.8, 4) is 0 Å². The highest BCUT2D eigenvalue weighted by atomic mass is 35.5. The molecule has 100 valence electrons. The highest BCUT2D eigenvalue weighted by Gasteiger charge is 2.32. The van der Waals surface area contributed by atoms with Crippen molar-refractivity contribution in [1.82, 2.24) is 5.32 Å². The number of carbonyl (C=O) groups excluding carboxylic acids is 2. The minimum absolute atomic E-state index is 0. The van der Waals surface area contributed by atoms with Crippen molar-refractivity contribution in [2.24, 2.45) is 11.8 Å². The summed E-state index contributed by atoms with van der Waals surface area (Å²) in [5.74, 6) is -0.931. The Hall–Kier alpha value is -0.810. The number of esters is 2. The number of hydrogen-bond acceptors (Lipinski definition) is 5. The Morgan fingerprint density at radius 1 is 1.06 bits per heavy atom. The molecule has 1 saturated heterocycles. The molecule has 0 aliphatic carbocycles. The summed E-state index contributed by atoms with van der Waals surface area (Å²) >= 11 is 0. The van der Waals surface area contributed by atoms with Gasteiger partial charge in [-0.25, -0.2) is 0 Å². The Kier molecular flexibility index (Phi) is 7.91. The number of carbonyl (C=O) groups is 2. The Labute approximate surface area is 108 Å². The van der Waals surface area contributed by atoms with Gasteiger partial charge in [-0.15, -0.1) is 12.4 Å². The van der Waals surface area contributed by atoms with E-state index in [-0.39, 0.29) is 36.2 Å². The van der Waals surface area contributed by atoms with Crippen LogP contribution >= 0.6 is 12.4 Å². The van der Waals surface area contributed by atoms with Gasteiger partial charge >= 0.3 is 11.9 Å². The molecular formula is C11H20ClNO4. The quantitative estimate of drug-likeness (QED) is 0.761. The second kappa shape index (κ2) is 8.31. The van der Waals surface area contributed by atoms with Gasteiger partial charge in [0.05, 0.1) is 25.0 Å². The number of ether oxygens (including phenoxy) is 2. The highest BCUT2D eigenvalue weighted by molar-refractivity contribution is 5.85. The van der Waals surface area contributed by atoms with E-state index in [4.69, 9.17) is 9.47 Å². The fourth-order valence-electron chi connectivity index (χ4n) is 1.82. The minimum Gasteiger partial charge on any atom is -0.466 e. The van der Waals surface area contributed by atoms with Gasteiger partial charge in [-0.1, -0.05) is 0 Å². The van der Waals surface area contributed by atoms with E-state index < -0.39 is 0 Å². The normalized spacial score (nSPS) is 23.4. The molecule has 2 unspecified atom stereocenters. The zero-order valence-corrected chi connectivity index (χ0v) is 11.0. The SMILES string of the molecule is CCOC(=O)C1CNCC(C(=O)OCC)C1.Cl. The highest BCUT2D eigenvalue weighted by Crippen LogP contribution is 2.19. The van der Waals surface area contributed by atoms with Gasteiger partial charge in [0.2, 0.25) is 0 Å². The predicted molar refractivity (Wildman–Crippen MR) is 65.0 cm³/mol. The van der Waals surface area contributed by atoms with E-state index in [0.717, 1.165) is 0 Å². The minimum atomic E-state index is -0.233. The number of rotatable bonds is 4. The fourth-order valence-corrected chi connectivity index (χ4v) is 1.82. The van der Waals surface area contributed by atoms with Crippen LogP contribution in [0.3, 0.4) is 0 Å². The summed E-state index contributed by atoms with van der Waals surface area (Å²) < 4.78 is 9.88. The Morgan fingerprint density at radius 3 is 1.82 bits per heavy atom. The van der Waals surface area contributed by atoms with E-state index in [1.54, 1.807) is 13.8 Å². The molecular weight excluding hydrogens is 246 g/mol. The molecule has 0 radical (unpaired) electrons. The van der Waals surface area contributed by atoms with Crippen LogP contribution in [0.5, 0.6) is 0 Å².